The van der Waals surface area contributed by atoms with E-state index in [9.17, 15) is 9.18 Å². The van der Waals surface area contributed by atoms with Gasteiger partial charge < -0.3 is 34.2 Å². The van der Waals surface area contributed by atoms with Gasteiger partial charge in [-0.1, -0.05) is 6.07 Å². The van der Waals surface area contributed by atoms with E-state index in [1.54, 1.807) is 44.0 Å². The number of piperazine rings is 1. The van der Waals surface area contributed by atoms with Crippen LogP contribution in [0.25, 0.3) is 39.1 Å². The molecule has 1 aromatic carbocycles. The number of hydrogen-bond donors (Lipinski definition) is 1. The van der Waals surface area contributed by atoms with E-state index >= 15 is 4.39 Å². The predicted octanol–water partition coefficient (Wildman–Crippen LogP) is 4.01. The topological polar surface area (TPSA) is 164 Å². The lowest BCUT2D eigenvalue weighted by atomic mass is 9.88. The first-order valence-corrected chi connectivity index (χ1v) is 20.3. The second kappa shape index (κ2) is 14.4. The molecule has 5 atom stereocenters. The zero-order valence-electron chi connectivity index (χ0n) is 33.6. The Morgan fingerprint density at radius 2 is 1.77 bits per heavy atom. The normalized spacial score (nSPS) is 22.6. The molecule has 310 valence electrons. The number of carbonyl (C=O) groups is 1. The summed E-state index contributed by atoms with van der Waals surface area (Å²) in [6.07, 6.45) is 7.59. The van der Waals surface area contributed by atoms with Crippen molar-refractivity contribution < 1.29 is 18.3 Å². The van der Waals surface area contributed by atoms with Crippen LogP contribution in [0.3, 0.4) is 0 Å². The molecule has 61 heavy (non-hydrogen) atoms. The quantitative estimate of drug-likeness (QED) is 0.265. The fraction of sp³-hybridized carbons (Fsp3) is 0.357. The summed E-state index contributed by atoms with van der Waals surface area (Å²) in [6.45, 7) is 4.42. The van der Waals surface area contributed by atoms with E-state index in [-0.39, 0.29) is 35.8 Å². The van der Waals surface area contributed by atoms with Crippen molar-refractivity contribution in [3.05, 3.63) is 90.9 Å². The van der Waals surface area contributed by atoms with Gasteiger partial charge in [0.05, 0.1) is 53.0 Å². The average Bonchev–Trinajstić information content (AvgIpc) is 3.98. The van der Waals surface area contributed by atoms with Crippen LogP contribution in [0, 0.1) is 18.6 Å². The van der Waals surface area contributed by atoms with Crippen molar-refractivity contribution in [2.24, 2.45) is 0 Å². The zero-order chi connectivity index (χ0) is 41.5. The van der Waals surface area contributed by atoms with E-state index in [4.69, 9.17) is 29.7 Å². The van der Waals surface area contributed by atoms with Gasteiger partial charge in [0, 0.05) is 64.8 Å². The Kier molecular flexibility index (Phi) is 8.76. The minimum atomic E-state index is -0.784. The number of likely N-dealkylation sites (N-methyl/N-ethyl adjacent to an activating group) is 1. The van der Waals surface area contributed by atoms with E-state index in [0.29, 0.717) is 79.1 Å². The second-order valence-electron chi connectivity index (χ2n) is 16.2. The first kappa shape index (κ1) is 37.1. The van der Waals surface area contributed by atoms with Crippen LogP contribution >= 0.6 is 0 Å². The Labute approximate surface area is 348 Å². The van der Waals surface area contributed by atoms with Crippen molar-refractivity contribution >= 4 is 51.4 Å². The molecule has 5 aliphatic rings. The summed E-state index contributed by atoms with van der Waals surface area (Å²) in [5, 5.41) is 8.75. The molecule has 5 aliphatic heterocycles. The number of hydrogen-bond acceptors (Lipinski definition) is 14. The third kappa shape index (κ3) is 6.24. The molecule has 6 bridgehead atoms. The monoisotopic (exact) mass is 825 g/mol. The van der Waals surface area contributed by atoms with E-state index in [0.717, 1.165) is 35.2 Å². The molecule has 11 heterocycles. The number of nitrogens with one attached hydrogen (secondary N) is 1. The number of rotatable bonds is 5. The van der Waals surface area contributed by atoms with Crippen LogP contribution in [0.5, 0.6) is 0 Å². The van der Waals surface area contributed by atoms with Crippen molar-refractivity contribution in [3.63, 3.8) is 0 Å². The Morgan fingerprint density at radius 3 is 2.57 bits per heavy atom. The van der Waals surface area contributed by atoms with Gasteiger partial charge in [0.15, 0.2) is 11.5 Å². The molecule has 6 aromatic heterocycles. The number of aromatic nitrogens is 10. The number of imidazole rings is 1. The van der Waals surface area contributed by atoms with Crippen LogP contribution in [-0.4, -0.2) is 131 Å². The maximum atomic E-state index is 15.5. The molecule has 0 aliphatic carbocycles. The van der Waals surface area contributed by atoms with E-state index in [1.165, 1.54) is 16.8 Å². The maximum absolute atomic E-state index is 15.5. The molecule has 0 saturated carbocycles. The highest BCUT2D eigenvalue weighted by Crippen LogP contribution is 2.41. The molecule has 2 unspecified atom stereocenters. The van der Waals surface area contributed by atoms with Crippen molar-refractivity contribution in [2.45, 2.75) is 56.6 Å². The van der Waals surface area contributed by atoms with Gasteiger partial charge in [0.25, 0.3) is 0 Å². The molecule has 4 fully saturated rings. The van der Waals surface area contributed by atoms with Gasteiger partial charge in [-0.05, 0) is 56.2 Å². The van der Waals surface area contributed by atoms with E-state index < -0.39 is 17.7 Å². The fourth-order valence-corrected chi connectivity index (χ4v) is 9.57. The van der Waals surface area contributed by atoms with Gasteiger partial charge in [0.1, 0.15) is 52.8 Å². The molecule has 4 saturated heterocycles. The summed E-state index contributed by atoms with van der Waals surface area (Å²) < 4.78 is 39.2. The Balaban J connectivity index is 1.02. The van der Waals surface area contributed by atoms with Crippen molar-refractivity contribution in [1.29, 1.82) is 0 Å². The lowest BCUT2D eigenvalue weighted by molar-refractivity contribution is -0.132. The molecular formula is C42H41F2N15O2. The number of benzene rings is 1. The number of amides is 1. The van der Waals surface area contributed by atoms with Gasteiger partial charge >= 0.3 is 0 Å². The number of carbonyl (C=O) groups excluding carboxylic acids is 1. The first-order chi connectivity index (χ1) is 29.7. The smallest absolute Gasteiger partial charge is 0.245 e. The molecule has 17 nitrogen and oxygen atoms in total. The predicted molar refractivity (Wildman–Crippen MR) is 223 cm³/mol. The summed E-state index contributed by atoms with van der Waals surface area (Å²) in [5.41, 5.74) is 3.40. The van der Waals surface area contributed by atoms with Crippen LogP contribution in [0.2, 0.25) is 0 Å². The highest BCUT2D eigenvalue weighted by Gasteiger charge is 2.48. The molecule has 7 aromatic rings. The lowest BCUT2D eigenvalue weighted by Gasteiger charge is -2.56. The minimum absolute atomic E-state index is 0.0403. The van der Waals surface area contributed by atoms with Crippen LogP contribution in [0.15, 0.2) is 73.4 Å². The molecule has 12 rings (SSSR count). The lowest BCUT2D eigenvalue weighted by Crippen LogP contribution is -2.69. The fourth-order valence-electron chi connectivity index (χ4n) is 9.57. The highest BCUT2D eigenvalue weighted by atomic mass is 19.1. The second-order valence-corrected chi connectivity index (χ2v) is 16.2. The summed E-state index contributed by atoms with van der Waals surface area (Å²) in [5.74, 6) is 1.60. The van der Waals surface area contributed by atoms with E-state index in [1.807, 2.05) is 42.2 Å². The first-order valence-electron chi connectivity index (χ1n) is 20.3. The van der Waals surface area contributed by atoms with Gasteiger partial charge in [0.2, 0.25) is 11.9 Å². The third-order valence-electron chi connectivity index (χ3n) is 12.5. The Hall–Kier alpha value is -6.89. The average molecular weight is 826 g/mol. The molecular weight excluding hydrogens is 785 g/mol. The summed E-state index contributed by atoms with van der Waals surface area (Å²) in [7, 11) is 3.44. The van der Waals surface area contributed by atoms with Gasteiger partial charge in [-0.15, -0.1) is 0 Å². The summed E-state index contributed by atoms with van der Waals surface area (Å²) in [6, 6.07) is 12.2. The standard InChI is InChI=1S/C42H41F2N15O2/c1-23-49-32-9-12-46-37-31-5-4-6-35(51-31)50-25-14-34(41(60)54(2)20-28(61-3)21-56(23)38(32)37)57(17-25)39-29-16-48-59(33-8-7-24(43)13-30(33)44)40(29)53-42(52-39)58-26-15-27(58)19-55(18-26)36-10-11-45-22-47-36/h4-13,16,22,25-28,34H,14-15,17-21H2,1-3H3,(H,50,51)/t25-,26?,27?,28-,34-/m0/s1. The van der Waals surface area contributed by atoms with Crippen LogP contribution in [-0.2, 0) is 16.1 Å². The molecule has 1 amide bonds. The van der Waals surface area contributed by atoms with Crippen molar-refractivity contribution in [2.75, 3.05) is 60.4 Å². The number of piperidine rings is 1. The van der Waals surface area contributed by atoms with Gasteiger partial charge in [-0.3, -0.25) is 9.78 Å². The number of pyridine rings is 2. The Bertz CT molecular complexity index is 2820. The van der Waals surface area contributed by atoms with Crippen molar-refractivity contribution in [3.8, 4) is 17.1 Å². The summed E-state index contributed by atoms with van der Waals surface area (Å²) in [4.78, 5) is 56.6. The SMILES string of the molecule is CO[C@H]1CN(C)C(=O)[C@@H]2C[C@@H](CN2c2nc(N3C4CC3CN(c3ccncn3)C4)nc3c2cnn3-c2ccc(F)cc2F)Nc2cccc(n2)-c2nccc3nc(C)n(c23)C1. The zero-order valence-corrected chi connectivity index (χ0v) is 33.6. The number of halogens is 2. The highest BCUT2D eigenvalue weighted by molar-refractivity contribution is 5.94. The number of aryl methyl sites for hydroxylation is 1. The molecule has 1 N–H and O–H groups in total. The molecule has 0 radical (unpaired) electrons. The number of ether oxygens (including phenoxy) is 1. The maximum Gasteiger partial charge on any atom is 0.245 e. The number of nitrogens with zero attached hydrogens (tertiary/aromatic N) is 14. The van der Waals surface area contributed by atoms with Crippen molar-refractivity contribution in [1.82, 2.24) is 54.1 Å². The number of fused-ring (bicyclic) bond motifs is 8. The van der Waals surface area contributed by atoms with Crippen LogP contribution < -0.4 is 20.0 Å². The van der Waals surface area contributed by atoms with Crippen LogP contribution in [0.1, 0.15) is 18.7 Å². The molecule has 19 heteroatoms. The van der Waals surface area contributed by atoms with Crippen LogP contribution in [0.4, 0.5) is 32.2 Å². The number of anilines is 4. The summed E-state index contributed by atoms with van der Waals surface area (Å²) >= 11 is 0. The van der Waals surface area contributed by atoms with Gasteiger partial charge in [-0.25, -0.2) is 33.4 Å². The third-order valence-corrected chi connectivity index (χ3v) is 12.5. The molecule has 0 spiro atoms. The Morgan fingerprint density at radius 1 is 0.902 bits per heavy atom. The van der Waals surface area contributed by atoms with E-state index in [2.05, 4.69) is 34.8 Å². The minimum Gasteiger partial charge on any atom is -0.378 e. The van der Waals surface area contributed by atoms with Gasteiger partial charge in [-0.2, -0.15) is 15.1 Å². The largest absolute Gasteiger partial charge is 0.378 e. The number of methoxy groups -OCH3 is 1.